The summed E-state index contributed by atoms with van der Waals surface area (Å²) in [6.45, 7) is 3.38. The highest BCUT2D eigenvalue weighted by Crippen LogP contribution is 2.24. The third-order valence-corrected chi connectivity index (χ3v) is 3.01. The Morgan fingerprint density at radius 1 is 1.29 bits per heavy atom. The quantitative estimate of drug-likeness (QED) is 0.476. The first-order valence-electron chi connectivity index (χ1n) is 6.16. The van der Waals surface area contributed by atoms with Crippen LogP contribution in [0.4, 0.5) is 5.69 Å². The number of ether oxygens (including phenoxy) is 1. The van der Waals surface area contributed by atoms with Crippen molar-refractivity contribution in [3.63, 3.8) is 0 Å². The lowest BCUT2D eigenvalue weighted by atomic mass is 10.1. The Kier molecular flexibility index (Phi) is 4.22. The van der Waals surface area contributed by atoms with Crippen LogP contribution in [0.15, 0.2) is 24.5 Å². The molecule has 0 atom stereocenters. The van der Waals surface area contributed by atoms with E-state index in [1.165, 1.54) is 18.5 Å². The molecule has 0 aliphatic heterocycles. The number of nitrogens with zero attached hydrogens (tertiary/aromatic N) is 3. The number of aryl methyl sites for hydroxylation is 1. The third kappa shape index (κ3) is 3.19. The van der Waals surface area contributed by atoms with Gasteiger partial charge in [0, 0.05) is 11.8 Å². The van der Waals surface area contributed by atoms with E-state index >= 15 is 0 Å². The molecule has 0 bridgehead atoms. The van der Waals surface area contributed by atoms with Crippen LogP contribution in [0.2, 0.25) is 0 Å². The molecule has 0 unspecified atom stereocenters. The monoisotopic (exact) mass is 287 g/mol. The van der Waals surface area contributed by atoms with E-state index in [1.54, 1.807) is 19.9 Å². The van der Waals surface area contributed by atoms with Gasteiger partial charge in [-0.2, -0.15) is 0 Å². The highest BCUT2D eigenvalue weighted by Gasteiger charge is 2.18. The molecule has 0 aliphatic rings. The Balaban J connectivity index is 2.18. The molecule has 0 radical (unpaired) electrons. The lowest BCUT2D eigenvalue weighted by Gasteiger charge is -2.09. The van der Waals surface area contributed by atoms with E-state index in [1.807, 2.05) is 0 Å². The van der Waals surface area contributed by atoms with E-state index in [9.17, 15) is 14.9 Å². The minimum atomic E-state index is -0.420. The molecule has 0 spiro atoms. The summed E-state index contributed by atoms with van der Waals surface area (Å²) < 4.78 is 5.48. The molecule has 21 heavy (non-hydrogen) atoms. The van der Waals surface area contributed by atoms with Crippen molar-refractivity contribution in [2.24, 2.45) is 0 Å². The molecular formula is C14H13N3O4. The number of carbonyl (C=O) groups is 1. The number of hydrogen-bond donors (Lipinski definition) is 0. The zero-order valence-corrected chi connectivity index (χ0v) is 11.6. The van der Waals surface area contributed by atoms with Gasteiger partial charge in [0.25, 0.3) is 5.69 Å². The molecule has 0 fully saturated rings. The maximum atomic E-state index is 11.0. The van der Waals surface area contributed by atoms with Gasteiger partial charge in [0.2, 0.25) is 0 Å². The summed E-state index contributed by atoms with van der Waals surface area (Å²) in [5.74, 6) is 0.463. The van der Waals surface area contributed by atoms with Crippen LogP contribution in [0.25, 0.3) is 0 Å². The largest absolute Gasteiger partial charge is 0.486 e. The van der Waals surface area contributed by atoms with Crippen molar-refractivity contribution in [2.75, 3.05) is 0 Å². The van der Waals surface area contributed by atoms with Gasteiger partial charge in [-0.15, -0.1) is 0 Å². The average molecular weight is 287 g/mol. The summed E-state index contributed by atoms with van der Waals surface area (Å²) >= 11 is 0. The standard InChI is InChI=1S/C14H13N3O4/c1-9-5-16-13(10(2)14(9)17(19)20)8-21-12-4-3-11(7-18)15-6-12/h3-7H,8H2,1-2H3. The lowest BCUT2D eigenvalue weighted by Crippen LogP contribution is -2.05. The average Bonchev–Trinajstić information content (AvgIpc) is 2.46. The van der Waals surface area contributed by atoms with Crippen molar-refractivity contribution < 1.29 is 14.5 Å². The zero-order chi connectivity index (χ0) is 15.4. The Hall–Kier alpha value is -2.83. The number of nitro groups is 1. The summed E-state index contributed by atoms with van der Waals surface area (Å²) in [5.41, 5.74) is 1.85. The van der Waals surface area contributed by atoms with Crippen molar-refractivity contribution >= 4 is 12.0 Å². The smallest absolute Gasteiger partial charge is 0.278 e. The van der Waals surface area contributed by atoms with E-state index < -0.39 is 4.92 Å². The van der Waals surface area contributed by atoms with Crippen LogP contribution in [0, 0.1) is 24.0 Å². The van der Waals surface area contributed by atoms with Crippen molar-refractivity contribution in [3.8, 4) is 5.75 Å². The number of aromatic nitrogens is 2. The van der Waals surface area contributed by atoms with Crippen LogP contribution in [0.1, 0.15) is 27.3 Å². The second-order valence-electron chi connectivity index (χ2n) is 4.44. The van der Waals surface area contributed by atoms with Crippen molar-refractivity contribution in [1.82, 2.24) is 9.97 Å². The fourth-order valence-corrected chi connectivity index (χ4v) is 1.89. The third-order valence-electron chi connectivity index (χ3n) is 3.01. The van der Waals surface area contributed by atoms with Crippen LogP contribution in [-0.4, -0.2) is 21.2 Å². The van der Waals surface area contributed by atoms with Gasteiger partial charge >= 0.3 is 0 Å². The van der Waals surface area contributed by atoms with Gasteiger partial charge in [0.15, 0.2) is 6.29 Å². The van der Waals surface area contributed by atoms with Crippen LogP contribution in [-0.2, 0) is 6.61 Å². The van der Waals surface area contributed by atoms with Crippen molar-refractivity contribution in [2.45, 2.75) is 20.5 Å². The second kappa shape index (κ2) is 6.08. The molecule has 108 valence electrons. The molecule has 2 aromatic rings. The summed E-state index contributed by atoms with van der Waals surface area (Å²) in [5, 5.41) is 11.0. The summed E-state index contributed by atoms with van der Waals surface area (Å²) in [4.78, 5) is 29.1. The molecule has 0 saturated heterocycles. The molecule has 2 rings (SSSR count). The van der Waals surface area contributed by atoms with Gasteiger partial charge in [-0.25, -0.2) is 4.98 Å². The van der Waals surface area contributed by atoms with Gasteiger partial charge in [0.05, 0.1) is 22.4 Å². The van der Waals surface area contributed by atoms with Gasteiger partial charge in [0.1, 0.15) is 18.1 Å². The molecule has 2 heterocycles. The molecule has 0 N–H and O–H groups in total. The van der Waals surface area contributed by atoms with Crippen molar-refractivity contribution in [3.05, 3.63) is 57.2 Å². The maximum Gasteiger partial charge on any atom is 0.278 e. The van der Waals surface area contributed by atoms with E-state index in [0.717, 1.165) is 0 Å². The maximum absolute atomic E-state index is 11.0. The topological polar surface area (TPSA) is 95.2 Å². The molecule has 0 aromatic carbocycles. The minimum Gasteiger partial charge on any atom is -0.486 e. The number of hydrogen-bond acceptors (Lipinski definition) is 6. The molecule has 0 saturated carbocycles. The minimum absolute atomic E-state index is 0.0537. The van der Waals surface area contributed by atoms with Crippen LogP contribution in [0.5, 0.6) is 5.75 Å². The summed E-state index contributed by atoms with van der Waals surface area (Å²) in [7, 11) is 0. The van der Waals surface area contributed by atoms with E-state index in [4.69, 9.17) is 4.74 Å². The Morgan fingerprint density at radius 2 is 2.05 bits per heavy atom. The number of aldehydes is 1. The molecule has 7 nitrogen and oxygen atoms in total. The van der Waals surface area contributed by atoms with Gasteiger partial charge in [-0.1, -0.05) is 0 Å². The van der Waals surface area contributed by atoms with E-state index in [0.29, 0.717) is 34.6 Å². The number of carbonyl (C=O) groups excluding carboxylic acids is 1. The Morgan fingerprint density at radius 3 is 2.62 bits per heavy atom. The zero-order valence-electron chi connectivity index (χ0n) is 11.6. The van der Waals surface area contributed by atoms with Crippen LogP contribution in [0.3, 0.4) is 0 Å². The number of pyridine rings is 2. The first-order valence-corrected chi connectivity index (χ1v) is 6.16. The summed E-state index contributed by atoms with van der Waals surface area (Å²) in [6.07, 6.45) is 3.51. The van der Waals surface area contributed by atoms with E-state index in [2.05, 4.69) is 9.97 Å². The number of rotatable bonds is 5. The normalized spacial score (nSPS) is 10.2. The lowest BCUT2D eigenvalue weighted by molar-refractivity contribution is -0.386. The Bertz CT molecular complexity index is 683. The molecule has 0 aliphatic carbocycles. The highest BCUT2D eigenvalue weighted by molar-refractivity contribution is 5.71. The first-order chi connectivity index (χ1) is 10.0. The molecular weight excluding hydrogens is 274 g/mol. The van der Waals surface area contributed by atoms with Gasteiger partial charge < -0.3 is 4.74 Å². The molecule has 7 heteroatoms. The molecule has 0 amide bonds. The van der Waals surface area contributed by atoms with Crippen LogP contribution >= 0.6 is 0 Å². The Labute approximate surface area is 120 Å². The van der Waals surface area contributed by atoms with Crippen LogP contribution < -0.4 is 4.74 Å². The van der Waals surface area contributed by atoms with Gasteiger partial charge in [-0.3, -0.25) is 19.9 Å². The summed E-state index contributed by atoms with van der Waals surface area (Å²) in [6, 6.07) is 3.13. The highest BCUT2D eigenvalue weighted by atomic mass is 16.6. The van der Waals surface area contributed by atoms with Gasteiger partial charge in [-0.05, 0) is 26.0 Å². The first kappa shape index (κ1) is 14.6. The second-order valence-corrected chi connectivity index (χ2v) is 4.44. The molecule has 2 aromatic heterocycles. The predicted molar refractivity (Wildman–Crippen MR) is 74.3 cm³/mol. The fraction of sp³-hybridized carbons (Fsp3) is 0.214. The SMILES string of the molecule is Cc1cnc(COc2ccc(C=O)nc2)c(C)c1[N+](=O)[O-]. The van der Waals surface area contributed by atoms with E-state index in [-0.39, 0.29) is 12.3 Å². The fourth-order valence-electron chi connectivity index (χ4n) is 1.89. The predicted octanol–water partition coefficient (Wildman–Crippen LogP) is 2.39. The van der Waals surface area contributed by atoms with Crippen molar-refractivity contribution in [1.29, 1.82) is 0 Å².